The molecule has 2 aromatic rings. The molecule has 1 amide bonds. The average Bonchev–Trinajstić information content (AvgIpc) is 3.10. The first kappa shape index (κ1) is 19.0. The Hall–Kier alpha value is -2.33. The second-order valence-corrected chi connectivity index (χ2v) is 8.09. The molecule has 148 valence electrons. The van der Waals surface area contributed by atoms with Gasteiger partial charge in [-0.05, 0) is 74.5 Å². The number of hydrogen-bond donors (Lipinski definition) is 1. The van der Waals surface area contributed by atoms with Crippen molar-refractivity contribution >= 4 is 11.6 Å². The van der Waals surface area contributed by atoms with Crippen LogP contribution in [0.2, 0.25) is 0 Å². The highest BCUT2D eigenvalue weighted by Gasteiger charge is 2.31. The van der Waals surface area contributed by atoms with E-state index in [0.717, 1.165) is 69.5 Å². The molecule has 4 nitrogen and oxygen atoms in total. The van der Waals surface area contributed by atoms with Gasteiger partial charge in [-0.2, -0.15) is 0 Å². The molecule has 2 atom stereocenters. The first-order chi connectivity index (χ1) is 13.7. The Morgan fingerprint density at radius 1 is 1.00 bits per heavy atom. The summed E-state index contributed by atoms with van der Waals surface area (Å²) in [7, 11) is 0. The quantitative estimate of drug-likeness (QED) is 0.861. The highest BCUT2D eigenvalue weighted by atomic mass is 16.2. The number of rotatable bonds is 5. The number of nitrogens with one attached hydrogen (secondary N) is 1. The Labute approximate surface area is 168 Å². The van der Waals surface area contributed by atoms with Crippen molar-refractivity contribution in [3.8, 4) is 0 Å². The van der Waals surface area contributed by atoms with Gasteiger partial charge in [-0.1, -0.05) is 30.3 Å². The van der Waals surface area contributed by atoms with Gasteiger partial charge in [-0.3, -0.25) is 4.79 Å². The fourth-order valence-electron chi connectivity index (χ4n) is 4.61. The molecule has 0 aromatic heterocycles. The number of anilines is 1. The second-order valence-electron chi connectivity index (χ2n) is 8.09. The third kappa shape index (κ3) is 4.22. The summed E-state index contributed by atoms with van der Waals surface area (Å²) in [5.74, 6) is 1.68. The largest absolute Gasteiger partial charge is 0.367 e. The van der Waals surface area contributed by atoms with E-state index >= 15 is 0 Å². The monoisotopic (exact) mass is 377 g/mol. The smallest absolute Gasteiger partial charge is 0.253 e. The number of nitrogens with zero attached hydrogens (tertiary/aromatic N) is 2. The van der Waals surface area contributed by atoms with Crippen LogP contribution in [0, 0.1) is 11.8 Å². The van der Waals surface area contributed by atoms with Gasteiger partial charge in [0.05, 0.1) is 0 Å². The third-order valence-corrected chi connectivity index (χ3v) is 6.38. The van der Waals surface area contributed by atoms with E-state index in [9.17, 15) is 4.79 Å². The molecule has 0 bridgehead atoms. The lowest BCUT2D eigenvalue weighted by atomic mass is 9.92. The highest BCUT2D eigenvalue weighted by Crippen LogP contribution is 2.28. The van der Waals surface area contributed by atoms with Crippen LogP contribution in [0.3, 0.4) is 0 Å². The van der Waals surface area contributed by atoms with E-state index < -0.39 is 0 Å². The Bertz CT molecular complexity index is 760. The lowest BCUT2D eigenvalue weighted by Gasteiger charge is -2.24. The summed E-state index contributed by atoms with van der Waals surface area (Å²) in [4.78, 5) is 17.4. The molecule has 0 aliphatic carbocycles. The number of benzene rings is 2. The van der Waals surface area contributed by atoms with Crippen molar-refractivity contribution in [2.45, 2.75) is 26.3 Å². The van der Waals surface area contributed by atoms with E-state index in [2.05, 4.69) is 58.4 Å². The summed E-state index contributed by atoms with van der Waals surface area (Å²) in [6.45, 7) is 8.01. The Kier molecular flexibility index (Phi) is 5.96. The van der Waals surface area contributed by atoms with Crippen LogP contribution in [0.15, 0.2) is 54.6 Å². The van der Waals surface area contributed by atoms with Gasteiger partial charge >= 0.3 is 0 Å². The van der Waals surface area contributed by atoms with Gasteiger partial charge in [-0.25, -0.2) is 0 Å². The summed E-state index contributed by atoms with van der Waals surface area (Å²) in [5, 5.41) is 3.50. The molecule has 0 saturated carbocycles. The molecule has 2 fully saturated rings. The van der Waals surface area contributed by atoms with Crippen molar-refractivity contribution in [1.82, 2.24) is 10.2 Å². The molecular weight excluding hydrogens is 346 g/mol. The van der Waals surface area contributed by atoms with Crippen molar-refractivity contribution in [2.24, 2.45) is 11.8 Å². The zero-order chi connectivity index (χ0) is 19.3. The minimum atomic E-state index is 0.186. The Balaban J connectivity index is 1.41. The van der Waals surface area contributed by atoms with Crippen LogP contribution in [0.1, 0.15) is 35.7 Å². The fourth-order valence-corrected chi connectivity index (χ4v) is 4.61. The highest BCUT2D eigenvalue weighted by molar-refractivity contribution is 5.94. The van der Waals surface area contributed by atoms with E-state index in [-0.39, 0.29) is 5.91 Å². The van der Waals surface area contributed by atoms with E-state index in [4.69, 9.17) is 0 Å². The average molecular weight is 378 g/mol. The van der Waals surface area contributed by atoms with Crippen LogP contribution in [0.25, 0.3) is 0 Å². The molecule has 4 rings (SSSR count). The molecule has 2 heterocycles. The summed E-state index contributed by atoms with van der Waals surface area (Å²) in [6.07, 6.45) is 2.25. The third-order valence-electron chi connectivity index (χ3n) is 6.38. The number of likely N-dealkylation sites (tertiary alicyclic amines) is 1. The fraction of sp³-hybridized carbons (Fsp3) is 0.458. The molecule has 2 saturated heterocycles. The Morgan fingerprint density at radius 3 is 2.25 bits per heavy atom. The minimum Gasteiger partial charge on any atom is -0.367 e. The lowest BCUT2D eigenvalue weighted by molar-refractivity contribution is 0.0758. The van der Waals surface area contributed by atoms with Gasteiger partial charge in [0.25, 0.3) is 5.91 Å². The van der Waals surface area contributed by atoms with E-state index in [0.29, 0.717) is 0 Å². The van der Waals surface area contributed by atoms with Crippen molar-refractivity contribution in [2.75, 3.05) is 37.6 Å². The molecular formula is C24H31N3O. The minimum absolute atomic E-state index is 0.186. The van der Waals surface area contributed by atoms with Crippen molar-refractivity contribution < 1.29 is 4.79 Å². The molecule has 2 aliphatic rings. The standard InChI is InChI=1S/C24H31N3O/c1-2-26(18-19-6-4-3-5-7-19)23-10-8-20(9-11-23)24(28)27-14-12-21-16-25-17-22(21)13-15-27/h3-11,21-22,25H,2,12-18H2,1H3/t21-,22+. The van der Waals surface area contributed by atoms with Crippen molar-refractivity contribution in [3.05, 3.63) is 65.7 Å². The number of carbonyl (C=O) groups excluding carboxylic acids is 1. The van der Waals surface area contributed by atoms with Crippen LogP contribution in [-0.2, 0) is 6.54 Å². The first-order valence-electron chi connectivity index (χ1n) is 10.6. The molecule has 0 spiro atoms. The second kappa shape index (κ2) is 8.78. The predicted molar refractivity (Wildman–Crippen MR) is 115 cm³/mol. The SMILES string of the molecule is CCN(Cc1ccccc1)c1ccc(C(=O)N2CC[C@@H]3CNC[C@@H]3CC2)cc1. The van der Waals surface area contributed by atoms with Gasteiger partial charge in [-0.15, -0.1) is 0 Å². The zero-order valence-corrected chi connectivity index (χ0v) is 16.8. The number of amides is 1. The van der Waals surface area contributed by atoms with E-state index in [1.165, 1.54) is 11.3 Å². The predicted octanol–water partition coefficient (Wildman–Crippen LogP) is 3.78. The first-order valence-corrected chi connectivity index (χ1v) is 10.6. The molecule has 2 aliphatic heterocycles. The van der Waals surface area contributed by atoms with Crippen LogP contribution >= 0.6 is 0 Å². The van der Waals surface area contributed by atoms with Crippen molar-refractivity contribution in [1.29, 1.82) is 0 Å². The summed E-state index contributed by atoms with van der Waals surface area (Å²) in [5.41, 5.74) is 3.28. The van der Waals surface area contributed by atoms with Crippen LogP contribution in [-0.4, -0.2) is 43.5 Å². The van der Waals surface area contributed by atoms with Gasteiger partial charge in [0.15, 0.2) is 0 Å². The molecule has 2 aromatic carbocycles. The number of carbonyl (C=O) groups is 1. The topological polar surface area (TPSA) is 35.6 Å². The summed E-state index contributed by atoms with van der Waals surface area (Å²) >= 11 is 0. The van der Waals surface area contributed by atoms with Crippen LogP contribution in [0.4, 0.5) is 5.69 Å². The van der Waals surface area contributed by atoms with Crippen LogP contribution in [0.5, 0.6) is 0 Å². The molecule has 28 heavy (non-hydrogen) atoms. The Morgan fingerprint density at radius 2 is 1.64 bits per heavy atom. The maximum atomic E-state index is 13.0. The van der Waals surface area contributed by atoms with Crippen LogP contribution < -0.4 is 10.2 Å². The van der Waals surface area contributed by atoms with Gasteiger partial charge < -0.3 is 15.1 Å². The maximum absolute atomic E-state index is 13.0. The number of hydrogen-bond acceptors (Lipinski definition) is 3. The van der Waals surface area contributed by atoms with E-state index in [1.54, 1.807) is 0 Å². The van der Waals surface area contributed by atoms with E-state index in [1.807, 2.05) is 18.2 Å². The molecule has 4 heteroatoms. The maximum Gasteiger partial charge on any atom is 0.253 e. The lowest BCUT2D eigenvalue weighted by Crippen LogP contribution is -2.32. The molecule has 0 unspecified atom stereocenters. The summed E-state index contributed by atoms with van der Waals surface area (Å²) < 4.78 is 0. The van der Waals surface area contributed by atoms with Crippen molar-refractivity contribution in [3.63, 3.8) is 0 Å². The summed E-state index contributed by atoms with van der Waals surface area (Å²) in [6, 6.07) is 18.7. The molecule has 1 N–H and O–H groups in total. The molecule has 0 radical (unpaired) electrons. The van der Waals surface area contributed by atoms with Gasteiger partial charge in [0.1, 0.15) is 0 Å². The van der Waals surface area contributed by atoms with Gasteiger partial charge in [0.2, 0.25) is 0 Å². The zero-order valence-electron chi connectivity index (χ0n) is 16.8. The normalized spacial score (nSPS) is 21.8. The van der Waals surface area contributed by atoms with Gasteiger partial charge in [0, 0.05) is 37.4 Å². The number of fused-ring (bicyclic) bond motifs is 1.